The molecule has 2 aromatic carbocycles. The lowest BCUT2D eigenvalue weighted by Gasteiger charge is -2.07. The summed E-state index contributed by atoms with van der Waals surface area (Å²) >= 11 is 1.21. The van der Waals surface area contributed by atoms with Gasteiger partial charge in [-0.15, -0.1) is 0 Å². The molecule has 29 heavy (non-hydrogen) atoms. The topological polar surface area (TPSA) is 68.7 Å². The minimum Gasteiger partial charge on any atom is -0.478 e. The number of hydrogen-bond donors (Lipinski definition) is 1. The summed E-state index contributed by atoms with van der Waals surface area (Å²) in [4.78, 5) is 16.2. The molecule has 1 heterocycles. The fourth-order valence-corrected chi connectivity index (χ4v) is 3.36. The van der Waals surface area contributed by atoms with E-state index in [2.05, 4.69) is 4.98 Å². The highest BCUT2D eigenvalue weighted by Gasteiger charge is 2.30. The molecule has 0 amide bonds. The van der Waals surface area contributed by atoms with Gasteiger partial charge in [-0.1, -0.05) is 23.5 Å². The minimum atomic E-state index is -4.42. The number of ether oxygens (including phenoxy) is 2. The van der Waals surface area contributed by atoms with Crippen molar-refractivity contribution in [3.63, 3.8) is 0 Å². The number of carboxylic acids is 1. The van der Waals surface area contributed by atoms with Gasteiger partial charge in [0.2, 0.25) is 0 Å². The van der Waals surface area contributed by atoms with Gasteiger partial charge in [0.1, 0.15) is 5.75 Å². The Morgan fingerprint density at radius 1 is 1.10 bits per heavy atom. The van der Waals surface area contributed by atoms with E-state index in [1.54, 1.807) is 12.1 Å². The van der Waals surface area contributed by atoms with Crippen LogP contribution in [0.25, 0.3) is 11.3 Å². The van der Waals surface area contributed by atoms with Gasteiger partial charge in [-0.25, -0.2) is 9.78 Å². The third-order valence-corrected chi connectivity index (χ3v) is 4.81. The van der Waals surface area contributed by atoms with Crippen LogP contribution in [0, 0.1) is 0 Å². The molecule has 0 saturated heterocycles. The molecule has 0 aliphatic carbocycles. The fourth-order valence-electron chi connectivity index (χ4n) is 2.48. The molecule has 1 N–H and O–H groups in total. The van der Waals surface area contributed by atoms with E-state index in [-0.39, 0.29) is 23.1 Å². The highest BCUT2D eigenvalue weighted by atomic mass is 32.1. The summed E-state index contributed by atoms with van der Waals surface area (Å²) in [7, 11) is 0. The quantitative estimate of drug-likeness (QED) is 0.516. The molecule has 0 aliphatic heterocycles. The van der Waals surface area contributed by atoms with Crippen LogP contribution >= 0.6 is 11.3 Å². The molecule has 5 nitrogen and oxygen atoms in total. The normalized spacial score (nSPS) is 11.4. The van der Waals surface area contributed by atoms with Gasteiger partial charge in [-0.2, -0.15) is 13.2 Å². The zero-order valence-corrected chi connectivity index (χ0v) is 16.0. The van der Waals surface area contributed by atoms with Crippen LogP contribution in [-0.2, 0) is 17.5 Å². The van der Waals surface area contributed by atoms with E-state index < -0.39 is 17.7 Å². The average Bonchev–Trinajstić information content (AvgIpc) is 3.08. The van der Waals surface area contributed by atoms with Crippen molar-refractivity contribution in [1.82, 2.24) is 4.98 Å². The zero-order valence-electron chi connectivity index (χ0n) is 15.2. The smallest absolute Gasteiger partial charge is 0.416 e. The monoisotopic (exact) mass is 423 g/mol. The molecule has 0 aliphatic rings. The fraction of sp³-hybridized carbons (Fsp3) is 0.200. The van der Waals surface area contributed by atoms with Gasteiger partial charge in [0.15, 0.2) is 0 Å². The third-order valence-electron chi connectivity index (χ3n) is 3.91. The lowest BCUT2D eigenvalue weighted by Crippen LogP contribution is -2.03. The Morgan fingerprint density at radius 3 is 2.31 bits per heavy atom. The number of carbonyl (C=O) groups is 1. The first-order valence-corrected chi connectivity index (χ1v) is 9.36. The van der Waals surface area contributed by atoms with Crippen molar-refractivity contribution in [2.24, 2.45) is 0 Å². The number of aromatic carboxylic acids is 1. The van der Waals surface area contributed by atoms with Crippen LogP contribution in [0.2, 0.25) is 0 Å². The lowest BCUT2D eigenvalue weighted by molar-refractivity contribution is -0.137. The molecule has 0 atom stereocenters. The second kappa shape index (κ2) is 8.62. The third kappa shape index (κ3) is 5.12. The Labute approximate surface area is 168 Å². The minimum absolute atomic E-state index is 0.150. The van der Waals surface area contributed by atoms with Gasteiger partial charge in [0.05, 0.1) is 28.3 Å². The van der Waals surface area contributed by atoms with E-state index in [0.29, 0.717) is 17.9 Å². The molecule has 0 spiro atoms. The van der Waals surface area contributed by atoms with Crippen molar-refractivity contribution < 1.29 is 32.5 Å². The second-order valence-corrected chi connectivity index (χ2v) is 6.94. The first-order valence-electron chi connectivity index (χ1n) is 8.54. The number of thiazole rings is 1. The number of halogens is 3. The number of rotatable bonds is 7. The Morgan fingerprint density at radius 2 is 1.76 bits per heavy atom. The maximum absolute atomic E-state index is 12.7. The van der Waals surface area contributed by atoms with E-state index in [0.717, 1.165) is 17.0 Å². The van der Waals surface area contributed by atoms with Crippen LogP contribution < -0.4 is 4.74 Å². The summed E-state index contributed by atoms with van der Waals surface area (Å²) in [5.74, 6) is -0.807. The summed E-state index contributed by atoms with van der Waals surface area (Å²) in [6, 6.07) is 10.5. The molecule has 0 radical (unpaired) electrons. The molecule has 0 unspecified atom stereocenters. The Hall–Kier alpha value is -2.91. The SMILES string of the molecule is CCOCc1sc(Oc2ccc(C(F)(F)F)cc2)nc1-c1ccc(C(=O)O)cc1. The van der Waals surface area contributed by atoms with Crippen molar-refractivity contribution in [2.75, 3.05) is 6.61 Å². The maximum atomic E-state index is 12.7. The van der Waals surface area contributed by atoms with Crippen molar-refractivity contribution in [3.8, 4) is 22.2 Å². The highest BCUT2D eigenvalue weighted by molar-refractivity contribution is 7.13. The van der Waals surface area contributed by atoms with Crippen LogP contribution in [0.15, 0.2) is 48.5 Å². The standard InChI is InChI=1S/C20H16F3NO4S/c1-2-27-11-16-17(12-3-5-13(6-4-12)18(25)26)24-19(29-16)28-15-9-7-14(8-10-15)20(21,22)23/h3-10H,2,11H2,1H3,(H,25,26). The van der Waals surface area contributed by atoms with Crippen LogP contribution in [0.1, 0.15) is 27.7 Å². The van der Waals surface area contributed by atoms with Crippen LogP contribution in [0.3, 0.4) is 0 Å². The summed E-state index contributed by atoms with van der Waals surface area (Å²) in [5, 5.41) is 9.28. The average molecular weight is 423 g/mol. The zero-order chi connectivity index (χ0) is 21.0. The van der Waals surface area contributed by atoms with Crippen molar-refractivity contribution in [2.45, 2.75) is 19.7 Å². The van der Waals surface area contributed by atoms with Crippen LogP contribution in [0.4, 0.5) is 13.2 Å². The number of carboxylic acid groups (broad SMARTS) is 1. The first-order chi connectivity index (χ1) is 13.8. The molecule has 0 bridgehead atoms. The lowest BCUT2D eigenvalue weighted by atomic mass is 10.1. The van der Waals surface area contributed by atoms with E-state index >= 15 is 0 Å². The van der Waals surface area contributed by atoms with E-state index in [1.807, 2.05) is 6.92 Å². The Balaban J connectivity index is 1.87. The van der Waals surface area contributed by atoms with E-state index in [1.165, 1.54) is 35.6 Å². The largest absolute Gasteiger partial charge is 0.478 e. The molecule has 0 fully saturated rings. The second-order valence-electron chi connectivity index (χ2n) is 5.90. The van der Waals surface area contributed by atoms with Crippen molar-refractivity contribution in [3.05, 3.63) is 64.5 Å². The Bertz CT molecular complexity index is 982. The van der Waals surface area contributed by atoms with Crippen molar-refractivity contribution in [1.29, 1.82) is 0 Å². The van der Waals surface area contributed by atoms with Gasteiger partial charge >= 0.3 is 12.1 Å². The molecule has 3 aromatic rings. The van der Waals surface area contributed by atoms with E-state index in [4.69, 9.17) is 14.6 Å². The number of benzene rings is 2. The van der Waals surface area contributed by atoms with Gasteiger partial charge in [0, 0.05) is 12.2 Å². The van der Waals surface area contributed by atoms with E-state index in [9.17, 15) is 18.0 Å². The predicted octanol–water partition coefficient (Wildman–Crippen LogP) is 5.86. The summed E-state index contributed by atoms with van der Waals surface area (Å²) in [6.07, 6.45) is -4.42. The summed E-state index contributed by atoms with van der Waals surface area (Å²) in [5.41, 5.74) is 0.641. The van der Waals surface area contributed by atoms with Crippen LogP contribution in [-0.4, -0.2) is 22.7 Å². The summed E-state index contributed by atoms with van der Waals surface area (Å²) in [6.45, 7) is 2.62. The molecule has 3 rings (SSSR count). The predicted molar refractivity (Wildman–Crippen MR) is 101 cm³/mol. The van der Waals surface area contributed by atoms with Crippen LogP contribution in [0.5, 0.6) is 10.9 Å². The molecule has 0 saturated carbocycles. The van der Waals surface area contributed by atoms with Gasteiger partial charge in [-0.05, 0) is 43.3 Å². The van der Waals surface area contributed by atoms with Gasteiger partial charge < -0.3 is 14.6 Å². The number of alkyl halides is 3. The van der Waals surface area contributed by atoms with Gasteiger partial charge in [-0.3, -0.25) is 0 Å². The molecule has 9 heteroatoms. The highest BCUT2D eigenvalue weighted by Crippen LogP contribution is 2.36. The summed E-state index contributed by atoms with van der Waals surface area (Å²) < 4.78 is 49.1. The molecule has 1 aromatic heterocycles. The number of nitrogens with zero attached hydrogens (tertiary/aromatic N) is 1. The number of aromatic nitrogens is 1. The number of hydrogen-bond acceptors (Lipinski definition) is 5. The molecule has 152 valence electrons. The Kier molecular flexibility index (Phi) is 6.19. The van der Waals surface area contributed by atoms with Crippen molar-refractivity contribution >= 4 is 17.3 Å². The molecular formula is C20H16F3NO4S. The maximum Gasteiger partial charge on any atom is 0.416 e. The van der Waals surface area contributed by atoms with Gasteiger partial charge in [0.25, 0.3) is 5.19 Å². The molecular weight excluding hydrogens is 407 g/mol. The first kappa shape index (κ1) is 20.8.